The number of ether oxygens (including phenoxy) is 1. The third-order valence-corrected chi connectivity index (χ3v) is 4.11. The lowest BCUT2D eigenvalue weighted by Crippen LogP contribution is -2.36. The second-order valence-electron chi connectivity index (χ2n) is 6.20. The Kier molecular flexibility index (Phi) is 5.33. The van der Waals surface area contributed by atoms with Gasteiger partial charge >= 0.3 is 0 Å². The number of para-hydroxylation sites is 1. The molecular weight excluding hydrogens is 316 g/mol. The highest BCUT2D eigenvalue weighted by molar-refractivity contribution is 5.99. The van der Waals surface area contributed by atoms with Crippen LogP contribution < -0.4 is 15.0 Å². The van der Waals surface area contributed by atoms with E-state index in [0.29, 0.717) is 25.1 Å². The predicted octanol–water partition coefficient (Wildman–Crippen LogP) is 3.01. The van der Waals surface area contributed by atoms with E-state index in [9.17, 15) is 9.59 Å². The molecule has 130 valence electrons. The first kappa shape index (κ1) is 17.0. The van der Waals surface area contributed by atoms with Gasteiger partial charge in [0.25, 0.3) is 5.91 Å². The van der Waals surface area contributed by atoms with Crippen LogP contribution in [0.2, 0.25) is 0 Å². The second kappa shape index (κ2) is 7.83. The minimum Gasteiger partial charge on any atom is -0.491 e. The number of anilines is 1. The quantitative estimate of drug-likeness (QED) is 0.881. The molecule has 1 aliphatic rings. The van der Waals surface area contributed by atoms with Crippen molar-refractivity contribution in [3.63, 3.8) is 0 Å². The summed E-state index contributed by atoms with van der Waals surface area (Å²) in [6, 6.07) is 16.6. The Balaban J connectivity index is 1.58. The normalized spacial score (nSPS) is 15.1. The Hall–Kier alpha value is -2.82. The largest absolute Gasteiger partial charge is 0.491 e. The van der Waals surface area contributed by atoms with Crippen molar-refractivity contribution in [2.75, 3.05) is 18.1 Å². The van der Waals surface area contributed by atoms with E-state index in [1.807, 2.05) is 43.3 Å². The molecule has 0 bridgehead atoms. The summed E-state index contributed by atoms with van der Waals surface area (Å²) in [5, 5.41) is 2.93. The molecule has 0 aromatic heterocycles. The van der Waals surface area contributed by atoms with Crippen molar-refractivity contribution in [2.45, 2.75) is 25.8 Å². The number of hydrogen-bond donors (Lipinski definition) is 1. The Morgan fingerprint density at radius 1 is 1.20 bits per heavy atom. The van der Waals surface area contributed by atoms with E-state index in [2.05, 4.69) is 5.32 Å². The van der Waals surface area contributed by atoms with E-state index < -0.39 is 0 Å². The highest BCUT2D eigenvalue weighted by atomic mass is 16.5. The van der Waals surface area contributed by atoms with Crippen LogP contribution in [0.15, 0.2) is 54.6 Å². The molecule has 3 rings (SSSR count). The Morgan fingerprint density at radius 2 is 2.00 bits per heavy atom. The molecule has 0 radical (unpaired) electrons. The van der Waals surface area contributed by atoms with Gasteiger partial charge in [-0.25, -0.2) is 0 Å². The minimum absolute atomic E-state index is 0.113. The number of nitrogens with one attached hydrogen (secondary N) is 1. The van der Waals surface area contributed by atoms with Crippen molar-refractivity contribution in [3.05, 3.63) is 60.2 Å². The molecule has 1 atom stereocenters. The smallest absolute Gasteiger partial charge is 0.251 e. The summed E-state index contributed by atoms with van der Waals surface area (Å²) >= 11 is 0. The molecule has 1 saturated heterocycles. The van der Waals surface area contributed by atoms with Crippen LogP contribution in [0.1, 0.15) is 30.1 Å². The summed E-state index contributed by atoms with van der Waals surface area (Å²) in [5.41, 5.74) is 1.33. The van der Waals surface area contributed by atoms with Crippen LogP contribution >= 0.6 is 0 Å². The van der Waals surface area contributed by atoms with E-state index >= 15 is 0 Å². The molecular formula is C20H22N2O3. The van der Waals surface area contributed by atoms with Crippen LogP contribution in [0.25, 0.3) is 0 Å². The zero-order chi connectivity index (χ0) is 17.6. The van der Waals surface area contributed by atoms with Crippen LogP contribution in [-0.2, 0) is 4.79 Å². The van der Waals surface area contributed by atoms with Crippen molar-refractivity contribution < 1.29 is 14.3 Å². The fourth-order valence-corrected chi connectivity index (χ4v) is 2.82. The minimum atomic E-state index is -0.169. The van der Waals surface area contributed by atoms with Crippen LogP contribution in [-0.4, -0.2) is 31.0 Å². The summed E-state index contributed by atoms with van der Waals surface area (Å²) in [4.78, 5) is 26.0. The zero-order valence-electron chi connectivity index (χ0n) is 14.3. The van der Waals surface area contributed by atoms with Gasteiger partial charge in [-0.05, 0) is 43.7 Å². The molecule has 1 N–H and O–H groups in total. The number of amides is 2. The monoisotopic (exact) mass is 338 g/mol. The number of hydrogen-bond acceptors (Lipinski definition) is 3. The van der Waals surface area contributed by atoms with Gasteiger partial charge in [-0.2, -0.15) is 0 Å². The highest BCUT2D eigenvalue weighted by Crippen LogP contribution is 2.22. The fraction of sp³-hybridized carbons (Fsp3) is 0.300. The van der Waals surface area contributed by atoms with Crippen LogP contribution in [0.3, 0.4) is 0 Å². The average Bonchev–Trinajstić information content (AvgIpc) is 3.07. The molecule has 25 heavy (non-hydrogen) atoms. The first-order valence-corrected chi connectivity index (χ1v) is 8.52. The lowest BCUT2D eigenvalue weighted by Gasteiger charge is -2.18. The fourth-order valence-electron chi connectivity index (χ4n) is 2.82. The molecule has 0 saturated carbocycles. The van der Waals surface area contributed by atoms with Gasteiger partial charge in [0.05, 0.1) is 6.04 Å². The van der Waals surface area contributed by atoms with Gasteiger partial charge in [-0.1, -0.05) is 24.3 Å². The highest BCUT2D eigenvalue weighted by Gasteiger charge is 2.22. The van der Waals surface area contributed by atoms with E-state index in [-0.39, 0.29) is 17.9 Å². The number of carbonyl (C=O) groups is 2. The van der Waals surface area contributed by atoms with E-state index in [1.54, 1.807) is 23.1 Å². The second-order valence-corrected chi connectivity index (χ2v) is 6.20. The molecule has 0 aliphatic carbocycles. The summed E-state index contributed by atoms with van der Waals surface area (Å²) in [6.45, 7) is 3.00. The molecule has 0 unspecified atom stereocenters. The summed E-state index contributed by atoms with van der Waals surface area (Å²) in [5.74, 6) is 0.720. The number of benzene rings is 2. The van der Waals surface area contributed by atoms with Gasteiger partial charge in [-0.3, -0.25) is 9.59 Å². The maximum Gasteiger partial charge on any atom is 0.251 e. The molecule has 5 heteroatoms. The third-order valence-electron chi connectivity index (χ3n) is 4.11. The van der Waals surface area contributed by atoms with Crippen molar-refractivity contribution in [3.8, 4) is 5.75 Å². The number of carbonyl (C=O) groups excluding carboxylic acids is 2. The molecule has 1 aliphatic heterocycles. The molecule has 5 nitrogen and oxygen atoms in total. The first-order valence-electron chi connectivity index (χ1n) is 8.52. The van der Waals surface area contributed by atoms with Crippen LogP contribution in [0, 0.1) is 0 Å². The van der Waals surface area contributed by atoms with Crippen molar-refractivity contribution in [1.82, 2.24) is 5.32 Å². The molecule has 2 amide bonds. The molecule has 2 aromatic carbocycles. The predicted molar refractivity (Wildman–Crippen MR) is 96.9 cm³/mol. The third kappa shape index (κ3) is 4.38. The van der Waals surface area contributed by atoms with Crippen LogP contribution in [0.5, 0.6) is 5.75 Å². The summed E-state index contributed by atoms with van der Waals surface area (Å²) in [6.07, 6.45) is 1.44. The standard InChI is InChI=1S/C20H22N2O3/c1-15(14-25-18-9-3-2-4-10-18)21-20(24)16-7-5-8-17(13-16)22-12-6-11-19(22)23/h2-5,7-10,13,15H,6,11-12,14H2,1H3,(H,21,24)/t15-/m1/s1. The Morgan fingerprint density at radius 3 is 2.72 bits per heavy atom. The van der Waals surface area contributed by atoms with Gasteiger partial charge in [0, 0.05) is 24.2 Å². The van der Waals surface area contributed by atoms with Gasteiger partial charge in [0.15, 0.2) is 0 Å². The van der Waals surface area contributed by atoms with Gasteiger partial charge < -0.3 is 15.0 Å². The Bertz CT molecular complexity index is 746. The van der Waals surface area contributed by atoms with Crippen molar-refractivity contribution >= 4 is 17.5 Å². The Labute approximate surface area is 147 Å². The van der Waals surface area contributed by atoms with E-state index in [1.165, 1.54) is 0 Å². The lowest BCUT2D eigenvalue weighted by atomic mass is 10.1. The average molecular weight is 338 g/mol. The van der Waals surface area contributed by atoms with Gasteiger partial charge in [0.1, 0.15) is 12.4 Å². The van der Waals surface area contributed by atoms with Gasteiger partial charge in [0.2, 0.25) is 5.91 Å². The number of nitrogens with zero attached hydrogens (tertiary/aromatic N) is 1. The number of rotatable bonds is 6. The topological polar surface area (TPSA) is 58.6 Å². The first-order chi connectivity index (χ1) is 12.1. The zero-order valence-corrected chi connectivity index (χ0v) is 14.3. The SMILES string of the molecule is C[C@H](COc1ccccc1)NC(=O)c1cccc(N2CCCC2=O)c1. The van der Waals surface area contributed by atoms with Crippen molar-refractivity contribution in [1.29, 1.82) is 0 Å². The molecule has 0 spiro atoms. The maximum atomic E-state index is 12.4. The van der Waals surface area contributed by atoms with E-state index in [0.717, 1.165) is 17.9 Å². The van der Waals surface area contributed by atoms with E-state index in [4.69, 9.17) is 4.74 Å². The summed E-state index contributed by atoms with van der Waals surface area (Å²) in [7, 11) is 0. The van der Waals surface area contributed by atoms with Crippen LogP contribution in [0.4, 0.5) is 5.69 Å². The lowest BCUT2D eigenvalue weighted by molar-refractivity contribution is -0.117. The molecule has 1 heterocycles. The molecule has 2 aromatic rings. The van der Waals surface area contributed by atoms with Crippen molar-refractivity contribution in [2.24, 2.45) is 0 Å². The molecule has 1 fully saturated rings. The summed E-state index contributed by atoms with van der Waals surface area (Å²) < 4.78 is 5.66. The maximum absolute atomic E-state index is 12.4. The van der Waals surface area contributed by atoms with Gasteiger partial charge in [-0.15, -0.1) is 0 Å².